The minimum atomic E-state index is -0.434. The lowest BCUT2D eigenvalue weighted by Gasteiger charge is -2.35. The summed E-state index contributed by atoms with van der Waals surface area (Å²) >= 11 is 0. The minimum absolute atomic E-state index is 0.0616. The molecular formula is C21H21N5O3. The maximum Gasteiger partial charge on any atom is 0.293 e. The third-order valence-corrected chi connectivity index (χ3v) is 5.12. The fourth-order valence-electron chi connectivity index (χ4n) is 3.57. The molecule has 0 bridgehead atoms. The zero-order chi connectivity index (χ0) is 20.2. The molecule has 1 aliphatic rings. The molecule has 2 heterocycles. The van der Waals surface area contributed by atoms with Gasteiger partial charge in [-0.3, -0.25) is 19.8 Å². The Morgan fingerprint density at radius 1 is 1.14 bits per heavy atom. The van der Waals surface area contributed by atoms with Crippen molar-refractivity contribution in [3.8, 4) is 0 Å². The van der Waals surface area contributed by atoms with Crippen LogP contribution in [-0.2, 0) is 0 Å². The summed E-state index contributed by atoms with van der Waals surface area (Å²) < 4.78 is 0. The van der Waals surface area contributed by atoms with Gasteiger partial charge in [0.2, 0.25) is 0 Å². The molecule has 1 N–H and O–H groups in total. The topological polar surface area (TPSA) is 95.4 Å². The maximum absolute atomic E-state index is 11.9. The summed E-state index contributed by atoms with van der Waals surface area (Å²) in [4.78, 5) is 34.0. The third-order valence-electron chi connectivity index (χ3n) is 5.12. The summed E-state index contributed by atoms with van der Waals surface area (Å²) in [5.41, 5.74) is 1.70. The van der Waals surface area contributed by atoms with Crippen molar-refractivity contribution >= 4 is 28.4 Å². The molecule has 148 valence electrons. The number of nitrogens with zero attached hydrogens (tertiary/aromatic N) is 4. The summed E-state index contributed by atoms with van der Waals surface area (Å²) in [6, 6.07) is 13.1. The molecule has 4 rings (SSSR count). The number of nitrogens with one attached hydrogen (secondary N) is 1. The van der Waals surface area contributed by atoms with Crippen LogP contribution < -0.4 is 10.5 Å². The zero-order valence-corrected chi connectivity index (χ0v) is 15.8. The number of benzene rings is 2. The van der Waals surface area contributed by atoms with Crippen LogP contribution in [0.5, 0.6) is 0 Å². The normalized spacial score (nSPS) is 15.2. The number of fused-ring (bicyclic) bond motifs is 1. The highest BCUT2D eigenvalue weighted by Gasteiger charge is 2.25. The van der Waals surface area contributed by atoms with Crippen LogP contribution in [0.3, 0.4) is 0 Å². The van der Waals surface area contributed by atoms with Crippen LogP contribution in [0.4, 0.5) is 11.4 Å². The number of anilines is 1. The Hall–Kier alpha value is -3.52. The van der Waals surface area contributed by atoms with Gasteiger partial charge in [0.05, 0.1) is 22.2 Å². The molecule has 0 atom stereocenters. The number of piperazine rings is 1. The number of H-pyrrole nitrogens is 1. The van der Waals surface area contributed by atoms with Gasteiger partial charge in [-0.25, -0.2) is 4.98 Å². The SMILES string of the molecule is O=c1[nH]cnc2cc(N3CCN(C/C=C/c4ccccc4)CC3)c([N+](=O)[O-])cc12. The van der Waals surface area contributed by atoms with Crippen LogP contribution in [0.1, 0.15) is 5.56 Å². The quantitative estimate of drug-likeness (QED) is 0.531. The van der Waals surface area contributed by atoms with E-state index in [2.05, 4.69) is 39.2 Å². The maximum atomic E-state index is 11.9. The van der Waals surface area contributed by atoms with Crippen LogP contribution in [0, 0.1) is 10.1 Å². The molecule has 0 unspecified atom stereocenters. The molecule has 0 amide bonds. The highest BCUT2D eigenvalue weighted by atomic mass is 16.6. The Morgan fingerprint density at radius 2 is 1.90 bits per heavy atom. The van der Waals surface area contributed by atoms with Gasteiger partial charge < -0.3 is 9.88 Å². The third kappa shape index (κ3) is 4.17. The first-order chi connectivity index (χ1) is 14.1. The van der Waals surface area contributed by atoms with E-state index in [0.29, 0.717) is 24.3 Å². The van der Waals surface area contributed by atoms with Gasteiger partial charge in [0.15, 0.2) is 0 Å². The van der Waals surface area contributed by atoms with Crippen molar-refractivity contribution in [2.24, 2.45) is 0 Å². The van der Waals surface area contributed by atoms with Gasteiger partial charge in [-0.15, -0.1) is 0 Å². The zero-order valence-electron chi connectivity index (χ0n) is 15.8. The number of aromatic amines is 1. The summed E-state index contributed by atoms with van der Waals surface area (Å²) in [5.74, 6) is 0. The standard InChI is InChI=1S/C21H21N5O3/c27-21-17-13-20(26(28)29)19(14-18(17)22-15-23-21)25-11-9-24(10-12-25)8-4-7-16-5-2-1-3-6-16/h1-7,13-15H,8-12H2,(H,22,23,27)/b7-4+. The van der Waals surface area contributed by atoms with E-state index in [1.165, 1.54) is 18.0 Å². The molecule has 8 heteroatoms. The lowest BCUT2D eigenvalue weighted by atomic mass is 10.1. The number of nitro benzene ring substituents is 1. The van der Waals surface area contributed by atoms with E-state index in [1.807, 2.05) is 23.1 Å². The predicted octanol–water partition coefficient (Wildman–Crippen LogP) is 2.67. The van der Waals surface area contributed by atoms with Gasteiger partial charge in [0, 0.05) is 38.8 Å². The lowest BCUT2D eigenvalue weighted by molar-refractivity contribution is -0.384. The molecule has 0 radical (unpaired) electrons. The number of aromatic nitrogens is 2. The van der Waals surface area contributed by atoms with E-state index in [9.17, 15) is 14.9 Å². The first kappa shape index (κ1) is 18.8. The second-order valence-electron chi connectivity index (χ2n) is 6.95. The average Bonchev–Trinajstić information content (AvgIpc) is 2.74. The molecule has 1 aromatic heterocycles. The number of nitro groups is 1. The number of rotatable bonds is 5. The van der Waals surface area contributed by atoms with Gasteiger partial charge in [0.1, 0.15) is 5.69 Å². The first-order valence-corrected chi connectivity index (χ1v) is 9.46. The second-order valence-corrected chi connectivity index (χ2v) is 6.95. The summed E-state index contributed by atoms with van der Waals surface area (Å²) in [7, 11) is 0. The fourth-order valence-corrected chi connectivity index (χ4v) is 3.57. The molecule has 0 spiro atoms. The molecule has 8 nitrogen and oxygen atoms in total. The molecule has 29 heavy (non-hydrogen) atoms. The van der Waals surface area contributed by atoms with Gasteiger partial charge in [-0.2, -0.15) is 0 Å². The van der Waals surface area contributed by atoms with E-state index in [0.717, 1.165) is 19.6 Å². The van der Waals surface area contributed by atoms with E-state index in [-0.39, 0.29) is 16.6 Å². The monoisotopic (exact) mass is 391 g/mol. The van der Waals surface area contributed by atoms with Crippen molar-refractivity contribution in [1.29, 1.82) is 0 Å². The first-order valence-electron chi connectivity index (χ1n) is 9.46. The molecule has 1 aliphatic heterocycles. The highest BCUT2D eigenvalue weighted by molar-refractivity contribution is 5.87. The highest BCUT2D eigenvalue weighted by Crippen LogP contribution is 2.31. The van der Waals surface area contributed by atoms with E-state index in [4.69, 9.17) is 0 Å². The van der Waals surface area contributed by atoms with Crippen molar-refractivity contribution < 1.29 is 4.92 Å². The Bertz CT molecular complexity index is 1100. The van der Waals surface area contributed by atoms with Crippen molar-refractivity contribution in [3.05, 3.63) is 80.9 Å². The van der Waals surface area contributed by atoms with Gasteiger partial charge in [-0.1, -0.05) is 42.5 Å². The Balaban J connectivity index is 1.47. The number of hydrogen-bond donors (Lipinski definition) is 1. The van der Waals surface area contributed by atoms with E-state index >= 15 is 0 Å². The Morgan fingerprint density at radius 3 is 2.62 bits per heavy atom. The van der Waals surface area contributed by atoms with Crippen LogP contribution in [0.2, 0.25) is 0 Å². The molecular weight excluding hydrogens is 370 g/mol. The molecule has 0 saturated carbocycles. The van der Waals surface area contributed by atoms with Crippen LogP contribution in [0.25, 0.3) is 17.0 Å². The van der Waals surface area contributed by atoms with Gasteiger partial charge in [0.25, 0.3) is 11.2 Å². The van der Waals surface area contributed by atoms with Crippen LogP contribution >= 0.6 is 0 Å². The summed E-state index contributed by atoms with van der Waals surface area (Å²) in [6.45, 7) is 3.79. The van der Waals surface area contributed by atoms with E-state index < -0.39 is 4.92 Å². The second kappa shape index (κ2) is 8.24. The summed E-state index contributed by atoms with van der Waals surface area (Å²) in [6.07, 6.45) is 5.56. The fraction of sp³-hybridized carbons (Fsp3) is 0.238. The van der Waals surface area contributed by atoms with Gasteiger partial charge >= 0.3 is 0 Å². The smallest absolute Gasteiger partial charge is 0.293 e. The largest absolute Gasteiger partial charge is 0.363 e. The molecule has 2 aromatic carbocycles. The van der Waals surface area contributed by atoms with Crippen molar-refractivity contribution in [3.63, 3.8) is 0 Å². The number of hydrogen-bond acceptors (Lipinski definition) is 6. The van der Waals surface area contributed by atoms with Crippen molar-refractivity contribution in [1.82, 2.24) is 14.9 Å². The molecule has 0 aliphatic carbocycles. The van der Waals surface area contributed by atoms with Crippen LogP contribution in [0.15, 0.2) is 59.7 Å². The lowest BCUT2D eigenvalue weighted by Crippen LogP contribution is -2.46. The van der Waals surface area contributed by atoms with Crippen LogP contribution in [-0.4, -0.2) is 52.5 Å². The molecule has 1 fully saturated rings. The molecule has 3 aromatic rings. The Labute approximate surface area is 167 Å². The van der Waals surface area contributed by atoms with Crippen molar-refractivity contribution in [2.75, 3.05) is 37.6 Å². The summed E-state index contributed by atoms with van der Waals surface area (Å²) in [5, 5.41) is 11.8. The average molecular weight is 391 g/mol. The predicted molar refractivity (Wildman–Crippen MR) is 113 cm³/mol. The van der Waals surface area contributed by atoms with Gasteiger partial charge in [-0.05, 0) is 11.6 Å². The van der Waals surface area contributed by atoms with E-state index in [1.54, 1.807) is 6.07 Å². The Kier molecular flexibility index (Phi) is 5.35. The minimum Gasteiger partial charge on any atom is -0.363 e. The van der Waals surface area contributed by atoms with Crippen molar-refractivity contribution in [2.45, 2.75) is 0 Å². The molecule has 1 saturated heterocycles.